The maximum Gasteiger partial charge on any atom is 0.373 e. The molecule has 1 N–H and O–H groups in total. The first-order valence-corrected chi connectivity index (χ1v) is 6.59. The first kappa shape index (κ1) is 15.7. The van der Waals surface area contributed by atoms with Crippen molar-refractivity contribution in [2.45, 2.75) is 32.2 Å². The van der Waals surface area contributed by atoms with Crippen LogP contribution in [0.25, 0.3) is 0 Å². The van der Waals surface area contributed by atoms with Crippen LogP contribution in [0.2, 0.25) is 0 Å². The highest BCUT2D eigenvalue weighted by Gasteiger charge is 2.14. The van der Waals surface area contributed by atoms with Crippen LogP contribution < -0.4 is 5.32 Å². The first-order chi connectivity index (χ1) is 9.19. The number of hydrogen-bond donors (Lipinski definition) is 1. The van der Waals surface area contributed by atoms with Crippen LogP contribution in [0, 0.1) is 0 Å². The number of carbonyl (C=O) groups is 1. The molecule has 108 valence electrons. The van der Waals surface area contributed by atoms with E-state index < -0.39 is 5.97 Å². The lowest BCUT2D eigenvalue weighted by molar-refractivity contribution is 0.0562. The first-order valence-electron chi connectivity index (χ1n) is 6.59. The van der Waals surface area contributed by atoms with Crippen LogP contribution in [0.5, 0.6) is 0 Å². The third-order valence-corrected chi connectivity index (χ3v) is 2.92. The maximum absolute atomic E-state index is 11.3. The van der Waals surface area contributed by atoms with Crippen molar-refractivity contribution in [3.8, 4) is 0 Å². The summed E-state index contributed by atoms with van der Waals surface area (Å²) in [7, 11) is 3.06. The summed E-state index contributed by atoms with van der Waals surface area (Å²) in [4.78, 5) is 11.3. The zero-order valence-corrected chi connectivity index (χ0v) is 11.9. The predicted molar refractivity (Wildman–Crippen MR) is 72.2 cm³/mol. The molecule has 1 atom stereocenters. The Balaban J connectivity index is 2.27. The molecule has 0 spiro atoms. The standard InChI is InChI=1S/C14H23NO4/c1-11(15-9-5-4-6-10-17-2)12-7-8-13(19-12)14(16)18-3/h7-8,11,15H,4-6,9-10H2,1-3H3. The molecule has 5 nitrogen and oxygen atoms in total. The molecule has 1 rings (SSSR count). The van der Waals surface area contributed by atoms with E-state index in [1.165, 1.54) is 7.11 Å². The minimum Gasteiger partial charge on any atom is -0.463 e. The summed E-state index contributed by atoms with van der Waals surface area (Å²) >= 11 is 0. The fourth-order valence-electron chi connectivity index (χ4n) is 1.76. The van der Waals surface area contributed by atoms with Crippen molar-refractivity contribution >= 4 is 5.97 Å². The van der Waals surface area contributed by atoms with Crippen LogP contribution in [-0.4, -0.2) is 33.3 Å². The van der Waals surface area contributed by atoms with Gasteiger partial charge in [-0.15, -0.1) is 0 Å². The highest BCUT2D eigenvalue weighted by atomic mass is 16.5. The summed E-state index contributed by atoms with van der Waals surface area (Å²) in [5.41, 5.74) is 0. The van der Waals surface area contributed by atoms with Gasteiger partial charge in [-0.2, -0.15) is 0 Å². The van der Waals surface area contributed by atoms with Gasteiger partial charge in [0.05, 0.1) is 13.2 Å². The summed E-state index contributed by atoms with van der Waals surface area (Å²) < 4.78 is 15.0. The fraction of sp³-hybridized carbons (Fsp3) is 0.643. The third-order valence-electron chi connectivity index (χ3n) is 2.92. The predicted octanol–water partition coefficient (Wildman–Crippen LogP) is 2.53. The van der Waals surface area contributed by atoms with Gasteiger partial charge in [-0.3, -0.25) is 0 Å². The van der Waals surface area contributed by atoms with Crippen molar-refractivity contribution in [3.05, 3.63) is 23.7 Å². The number of carbonyl (C=O) groups excluding carboxylic acids is 1. The molecule has 0 fully saturated rings. The van der Waals surface area contributed by atoms with E-state index in [0.717, 1.165) is 38.2 Å². The zero-order valence-electron chi connectivity index (χ0n) is 11.9. The number of esters is 1. The molecule has 0 aliphatic rings. The number of rotatable bonds is 9. The molecule has 0 saturated heterocycles. The Morgan fingerprint density at radius 3 is 2.79 bits per heavy atom. The minimum absolute atomic E-state index is 0.0841. The number of methoxy groups -OCH3 is 2. The average Bonchev–Trinajstić information content (AvgIpc) is 2.91. The summed E-state index contributed by atoms with van der Waals surface area (Å²) in [6.07, 6.45) is 3.32. The highest BCUT2D eigenvalue weighted by Crippen LogP contribution is 2.16. The van der Waals surface area contributed by atoms with Gasteiger partial charge in [0.2, 0.25) is 5.76 Å². The Labute approximate surface area is 114 Å². The van der Waals surface area contributed by atoms with Crippen molar-refractivity contribution in [2.75, 3.05) is 27.4 Å². The Bertz CT molecular complexity index is 375. The van der Waals surface area contributed by atoms with E-state index in [2.05, 4.69) is 10.1 Å². The number of ether oxygens (including phenoxy) is 2. The van der Waals surface area contributed by atoms with Gasteiger partial charge in [0.25, 0.3) is 0 Å². The van der Waals surface area contributed by atoms with Gasteiger partial charge in [-0.05, 0) is 44.9 Å². The topological polar surface area (TPSA) is 60.7 Å². The Kier molecular flexibility index (Phi) is 7.22. The van der Waals surface area contributed by atoms with Crippen molar-refractivity contribution in [1.29, 1.82) is 0 Å². The molecule has 19 heavy (non-hydrogen) atoms. The van der Waals surface area contributed by atoms with Crippen LogP contribution >= 0.6 is 0 Å². The molecular formula is C14H23NO4. The molecule has 0 aliphatic heterocycles. The van der Waals surface area contributed by atoms with Crippen molar-refractivity contribution in [1.82, 2.24) is 5.32 Å². The highest BCUT2D eigenvalue weighted by molar-refractivity contribution is 5.86. The minimum atomic E-state index is -0.446. The quantitative estimate of drug-likeness (QED) is 0.551. The van der Waals surface area contributed by atoms with Crippen molar-refractivity contribution < 1.29 is 18.7 Å². The van der Waals surface area contributed by atoms with Gasteiger partial charge in [0.15, 0.2) is 0 Å². The lowest BCUT2D eigenvalue weighted by atomic mass is 10.2. The van der Waals surface area contributed by atoms with Crippen LogP contribution in [0.1, 0.15) is 48.5 Å². The molecule has 0 aliphatic carbocycles. The van der Waals surface area contributed by atoms with Crippen molar-refractivity contribution in [2.24, 2.45) is 0 Å². The molecule has 0 aromatic carbocycles. The monoisotopic (exact) mass is 269 g/mol. The molecule has 0 radical (unpaired) electrons. The van der Waals surface area contributed by atoms with E-state index in [1.807, 2.05) is 6.92 Å². The van der Waals surface area contributed by atoms with E-state index >= 15 is 0 Å². The summed E-state index contributed by atoms with van der Waals surface area (Å²) in [5, 5.41) is 3.36. The zero-order chi connectivity index (χ0) is 14.1. The summed E-state index contributed by atoms with van der Waals surface area (Å²) in [6, 6.07) is 3.52. The smallest absolute Gasteiger partial charge is 0.373 e. The van der Waals surface area contributed by atoms with Gasteiger partial charge in [0, 0.05) is 13.7 Å². The molecule has 1 aromatic rings. The summed E-state index contributed by atoms with van der Waals surface area (Å²) in [5.74, 6) is 0.543. The second-order valence-electron chi connectivity index (χ2n) is 4.42. The van der Waals surface area contributed by atoms with Crippen molar-refractivity contribution in [3.63, 3.8) is 0 Å². The van der Waals surface area contributed by atoms with Crippen LogP contribution in [0.4, 0.5) is 0 Å². The second-order valence-corrected chi connectivity index (χ2v) is 4.42. The van der Waals surface area contributed by atoms with E-state index in [4.69, 9.17) is 9.15 Å². The number of furan rings is 1. The van der Waals surface area contributed by atoms with E-state index in [9.17, 15) is 4.79 Å². The average molecular weight is 269 g/mol. The SMILES string of the molecule is COCCCCCNC(C)c1ccc(C(=O)OC)o1. The molecule has 0 saturated carbocycles. The molecule has 1 heterocycles. The van der Waals surface area contributed by atoms with Crippen LogP contribution in [0.15, 0.2) is 16.5 Å². The van der Waals surface area contributed by atoms with Crippen LogP contribution in [0.3, 0.4) is 0 Å². The largest absolute Gasteiger partial charge is 0.463 e. The van der Waals surface area contributed by atoms with Crippen LogP contribution in [-0.2, 0) is 9.47 Å². The maximum atomic E-state index is 11.3. The van der Waals surface area contributed by atoms with Gasteiger partial charge >= 0.3 is 5.97 Å². The van der Waals surface area contributed by atoms with E-state index in [0.29, 0.717) is 0 Å². The number of nitrogens with one attached hydrogen (secondary N) is 1. The Hall–Kier alpha value is -1.33. The van der Waals surface area contributed by atoms with Gasteiger partial charge in [-0.25, -0.2) is 4.79 Å². The number of hydrogen-bond acceptors (Lipinski definition) is 5. The Morgan fingerprint density at radius 2 is 2.11 bits per heavy atom. The van der Waals surface area contributed by atoms with Gasteiger partial charge in [0.1, 0.15) is 5.76 Å². The summed E-state index contributed by atoms with van der Waals surface area (Å²) in [6.45, 7) is 3.74. The normalized spacial score (nSPS) is 12.4. The number of unbranched alkanes of at least 4 members (excludes halogenated alkanes) is 2. The molecule has 1 unspecified atom stereocenters. The molecular weight excluding hydrogens is 246 g/mol. The third kappa shape index (κ3) is 5.44. The molecule has 0 bridgehead atoms. The molecule has 5 heteroatoms. The second kappa shape index (κ2) is 8.72. The molecule has 0 amide bonds. The van der Waals surface area contributed by atoms with E-state index in [-0.39, 0.29) is 11.8 Å². The lowest BCUT2D eigenvalue weighted by Gasteiger charge is -2.11. The Morgan fingerprint density at radius 1 is 1.32 bits per heavy atom. The fourth-order valence-corrected chi connectivity index (χ4v) is 1.76. The van der Waals surface area contributed by atoms with Gasteiger partial charge in [-0.1, -0.05) is 0 Å². The molecule has 1 aromatic heterocycles. The lowest BCUT2D eigenvalue weighted by Crippen LogP contribution is -2.19. The van der Waals surface area contributed by atoms with E-state index in [1.54, 1.807) is 19.2 Å². The van der Waals surface area contributed by atoms with Gasteiger partial charge < -0.3 is 19.2 Å².